The van der Waals surface area contributed by atoms with Crippen LogP contribution >= 0.6 is 11.6 Å². The lowest BCUT2D eigenvalue weighted by Gasteiger charge is -2.27. The summed E-state index contributed by atoms with van der Waals surface area (Å²) in [6, 6.07) is 13.1. The molecule has 0 aliphatic rings. The van der Waals surface area contributed by atoms with Gasteiger partial charge < -0.3 is 30.2 Å². The molecule has 0 radical (unpaired) electrons. The number of carbonyl (C=O) groups is 5. The molecule has 0 spiro atoms. The summed E-state index contributed by atoms with van der Waals surface area (Å²) in [6.45, 7) is 7.40. The third kappa shape index (κ3) is 12.6. The summed E-state index contributed by atoms with van der Waals surface area (Å²) in [4.78, 5) is 65.5. The van der Waals surface area contributed by atoms with Gasteiger partial charge in [-0.05, 0) is 80.3 Å². The number of methoxy groups -OCH3 is 1. The Balaban J connectivity index is 1.97. The van der Waals surface area contributed by atoms with Crippen LogP contribution in [0.4, 0.5) is 13.2 Å². The summed E-state index contributed by atoms with van der Waals surface area (Å²) in [5, 5.41) is 7.58. The molecule has 3 aromatic carbocycles. The minimum Gasteiger partial charge on any atom is -0.497 e. The monoisotopic (exact) mass is 747 g/mol. The maximum absolute atomic E-state index is 14.0. The van der Waals surface area contributed by atoms with Gasteiger partial charge in [-0.1, -0.05) is 55.8 Å². The highest BCUT2D eigenvalue weighted by atomic mass is 35.5. The molecule has 3 amide bonds. The summed E-state index contributed by atoms with van der Waals surface area (Å²) in [5.74, 6) is -5.77. The first-order valence-electron chi connectivity index (χ1n) is 16.1. The van der Waals surface area contributed by atoms with Gasteiger partial charge in [0.2, 0.25) is 11.8 Å². The van der Waals surface area contributed by atoms with E-state index in [0.717, 1.165) is 0 Å². The van der Waals surface area contributed by atoms with Crippen LogP contribution in [0.1, 0.15) is 62.1 Å². The number of Topliss-reactive ketones (excluding diaryl/α,β-unsaturated/α-hetero) is 1. The lowest BCUT2D eigenvalue weighted by Crippen LogP contribution is -2.55. The number of nitrogens with one attached hydrogen (secondary N) is 3. The van der Waals surface area contributed by atoms with E-state index < -0.39 is 71.9 Å². The van der Waals surface area contributed by atoms with E-state index in [9.17, 15) is 37.1 Å². The first-order valence-corrected chi connectivity index (χ1v) is 16.5. The lowest BCUT2D eigenvalue weighted by atomic mass is 9.97. The van der Waals surface area contributed by atoms with Gasteiger partial charge in [-0.25, -0.2) is 4.79 Å². The van der Waals surface area contributed by atoms with E-state index in [0.29, 0.717) is 11.3 Å². The maximum atomic E-state index is 14.0. The fourth-order valence-corrected chi connectivity index (χ4v) is 5.07. The van der Waals surface area contributed by atoms with E-state index >= 15 is 0 Å². The molecule has 3 rings (SSSR count). The molecule has 0 saturated heterocycles. The molecule has 0 aliphatic carbocycles. The fourth-order valence-electron chi connectivity index (χ4n) is 4.88. The first-order chi connectivity index (χ1) is 24.3. The van der Waals surface area contributed by atoms with Crippen molar-refractivity contribution < 1.29 is 51.4 Å². The number of carbonyl (C=O) groups excluding carboxylic acids is 5. The Morgan fingerprint density at radius 3 is 2.04 bits per heavy atom. The van der Waals surface area contributed by atoms with Crippen molar-refractivity contribution >= 4 is 41.1 Å². The molecule has 3 N–H and O–H groups in total. The Morgan fingerprint density at radius 2 is 1.46 bits per heavy atom. The summed E-state index contributed by atoms with van der Waals surface area (Å²) in [6.07, 6.45) is -5.40. The minimum atomic E-state index is -5.23. The van der Waals surface area contributed by atoms with Gasteiger partial charge >= 0.3 is 12.1 Å². The van der Waals surface area contributed by atoms with Crippen LogP contribution in [0.15, 0.2) is 72.8 Å². The van der Waals surface area contributed by atoms with Gasteiger partial charge in [0.1, 0.15) is 29.2 Å². The van der Waals surface area contributed by atoms with Crippen LogP contribution in [-0.2, 0) is 30.3 Å². The van der Waals surface area contributed by atoms with Crippen molar-refractivity contribution in [3.63, 3.8) is 0 Å². The van der Waals surface area contributed by atoms with Crippen molar-refractivity contribution in [2.75, 3.05) is 13.7 Å². The van der Waals surface area contributed by atoms with E-state index in [1.807, 2.05) is 0 Å². The van der Waals surface area contributed by atoms with Crippen molar-refractivity contribution in [3.8, 4) is 11.5 Å². The van der Waals surface area contributed by atoms with Crippen molar-refractivity contribution in [2.24, 2.45) is 5.92 Å². The molecule has 0 saturated carbocycles. The highest BCUT2D eigenvalue weighted by Gasteiger charge is 2.45. The quantitative estimate of drug-likeness (QED) is 0.172. The van der Waals surface area contributed by atoms with Crippen molar-refractivity contribution in [1.29, 1.82) is 0 Å². The average Bonchev–Trinajstić information content (AvgIpc) is 3.06. The molecule has 0 fully saturated rings. The topological polar surface area (TPSA) is 149 Å². The fraction of sp³-hybridized carbons (Fsp3) is 0.378. The maximum Gasteiger partial charge on any atom is 0.452 e. The lowest BCUT2D eigenvalue weighted by molar-refractivity contribution is -0.175. The molecule has 3 atom stereocenters. The number of ketones is 1. The third-order valence-electron chi connectivity index (χ3n) is 7.35. The highest BCUT2D eigenvalue weighted by Crippen LogP contribution is 2.24. The standard InChI is InChI=1S/C37H41ClF3N3O8/c1-21(2)30(32(46)37(39,40)41)43-35(49)31(23-13-15-26(50-6)16-14-23)44-34(48)28(42-33(47)24-10-8-11-25(38)19-24)18-22-9-7-12-27(17-22)51-20-29(45)52-36(3,4)5/h7-17,19,21,28,30-31H,18,20H2,1-6H3,(H,42,47)(H,43,49)(H,44,48)/t28-,30-,31-/m0/s1. The highest BCUT2D eigenvalue weighted by molar-refractivity contribution is 6.31. The van der Waals surface area contributed by atoms with E-state index in [4.69, 9.17) is 25.8 Å². The molecule has 11 nitrogen and oxygen atoms in total. The molecule has 15 heteroatoms. The number of rotatable bonds is 15. The Morgan fingerprint density at radius 1 is 0.808 bits per heavy atom. The van der Waals surface area contributed by atoms with E-state index in [-0.39, 0.29) is 28.3 Å². The number of esters is 1. The second-order valence-corrected chi connectivity index (χ2v) is 13.5. The van der Waals surface area contributed by atoms with Crippen molar-refractivity contribution in [3.05, 3.63) is 94.5 Å². The molecule has 0 aromatic heterocycles. The number of hydrogen-bond donors (Lipinski definition) is 3. The summed E-state index contributed by atoms with van der Waals surface area (Å²) in [5.41, 5.74) is 0.00353. The molecule has 0 unspecified atom stereocenters. The Bertz CT molecular complexity index is 1740. The SMILES string of the molecule is COc1ccc([C@H](NC(=O)[C@H](Cc2cccc(OCC(=O)OC(C)(C)C)c2)NC(=O)c2cccc(Cl)c2)C(=O)N[C@H](C(=O)C(F)(F)F)C(C)C)cc1. The zero-order chi connectivity index (χ0) is 38.8. The summed E-state index contributed by atoms with van der Waals surface area (Å²) >= 11 is 6.08. The van der Waals surface area contributed by atoms with Gasteiger partial charge in [0, 0.05) is 17.0 Å². The van der Waals surface area contributed by atoms with Crippen LogP contribution in [0.2, 0.25) is 5.02 Å². The van der Waals surface area contributed by atoms with Crippen LogP contribution in [-0.4, -0.2) is 67.1 Å². The van der Waals surface area contributed by atoms with Gasteiger partial charge in [-0.15, -0.1) is 0 Å². The molecule has 0 bridgehead atoms. The summed E-state index contributed by atoms with van der Waals surface area (Å²) in [7, 11) is 1.40. The third-order valence-corrected chi connectivity index (χ3v) is 7.58. The normalized spacial score (nSPS) is 13.3. The van der Waals surface area contributed by atoms with E-state index in [1.165, 1.54) is 63.4 Å². The summed E-state index contributed by atoms with van der Waals surface area (Å²) < 4.78 is 56.3. The Hall–Kier alpha value is -5.11. The Labute approximate surface area is 304 Å². The molecule has 280 valence electrons. The minimum absolute atomic E-state index is 0.120. The van der Waals surface area contributed by atoms with Crippen LogP contribution in [0.3, 0.4) is 0 Å². The zero-order valence-electron chi connectivity index (χ0n) is 29.4. The number of alkyl halides is 3. The molecular weight excluding hydrogens is 707 g/mol. The molecule has 0 heterocycles. The van der Waals surface area contributed by atoms with Crippen LogP contribution in [0.5, 0.6) is 11.5 Å². The van der Waals surface area contributed by atoms with Crippen LogP contribution < -0.4 is 25.4 Å². The van der Waals surface area contributed by atoms with Gasteiger partial charge in [0.25, 0.3) is 11.7 Å². The molecule has 3 aromatic rings. The number of ether oxygens (including phenoxy) is 3. The second kappa shape index (κ2) is 17.9. The number of halogens is 4. The first kappa shape index (κ1) is 41.3. The number of amides is 3. The van der Waals surface area contributed by atoms with Crippen molar-refractivity contribution in [2.45, 2.75) is 70.9 Å². The molecule has 52 heavy (non-hydrogen) atoms. The predicted octanol–water partition coefficient (Wildman–Crippen LogP) is 5.54. The molecule has 0 aliphatic heterocycles. The van der Waals surface area contributed by atoms with Gasteiger partial charge in [-0.3, -0.25) is 19.2 Å². The molecular formula is C37H41ClF3N3O8. The largest absolute Gasteiger partial charge is 0.497 e. The Kier molecular flexibility index (Phi) is 14.2. The van der Waals surface area contributed by atoms with Crippen LogP contribution in [0, 0.1) is 5.92 Å². The van der Waals surface area contributed by atoms with Crippen molar-refractivity contribution in [1.82, 2.24) is 16.0 Å². The number of hydrogen-bond acceptors (Lipinski definition) is 8. The second-order valence-electron chi connectivity index (χ2n) is 13.1. The van der Waals surface area contributed by atoms with Gasteiger partial charge in [0.05, 0.1) is 13.2 Å². The number of benzene rings is 3. The van der Waals surface area contributed by atoms with E-state index in [1.54, 1.807) is 51.1 Å². The van der Waals surface area contributed by atoms with E-state index in [2.05, 4.69) is 16.0 Å². The van der Waals surface area contributed by atoms with Crippen LogP contribution in [0.25, 0.3) is 0 Å². The average molecular weight is 748 g/mol. The smallest absolute Gasteiger partial charge is 0.452 e. The predicted molar refractivity (Wildman–Crippen MR) is 186 cm³/mol. The van der Waals surface area contributed by atoms with Gasteiger partial charge in [0.15, 0.2) is 6.61 Å². The zero-order valence-corrected chi connectivity index (χ0v) is 30.2. The van der Waals surface area contributed by atoms with Gasteiger partial charge in [-0.2, -0.15) is 13.2 Å².